The third-order valence-corrected chi connectivity index (χ3v) is 5.59. The molecule has 1 N–H and O–H groups in total. The van der Waals surface area contributed by atoms with Crippen molar-refractivity contribution in [2.45, 2.75) is 33.2 Å². The molecule has 0 unspecified atom stereocenters. The number of aryl methyl sites for hydroxylation is 2. The number of hydrogen-bond donors (Lipinski definition) is 1. The highest BCUT2D eigenvalue weighted by Crippen LogP contribution is 2.30. The fourth-order valence-electron chi connectivity index (χ4n) is 3.57. The van der Waals surface area contributed by atoms with Crippen LogP contribution >= 0.6 is 11.6 Å². The lowest BCUT2D eigenvalue weighted by Crippen LogP contribution is -2.21. The number of carbonyl (C=O) groups is 1. The Kier molecular flexibility index (Phi) is 5.33. The molecular formula is C21H23ClN4O2. The number of pyridine rings is 1. The second kappa shape index (κ2) is 7.89. The summed E-state index contributed by atoms with van der Waals surface area (Å²) in [5.74, 6) is 0.237. The van der Waals surface area contributed by atoms with Crippen LogP contribution in [0.3, 0.4) is 0 Å². The van der Waals surface area contributed by atoms with Crippen molar-refractivity contribution in [3.8, 4) is 0 Å². The average molecular weight is 399 g/mol. The largest absolute Gasteiger partial charge is 0.381 e. The maximum absolute atomic E-state index is 12.7. The molecule has 1 amide bonds. The van der Waals surface area contributed by atoms with E-state index in [1.165, 1.54) is 6.20 Å². The third-order valence-electron chi connectivity index (χ3n) is 5.20. The summed E-state index contributed by atoms with van der Waals surface area (Å²) in [6, 6.07) is 7.63. The molecule has 0 aliphatic carbocycles. The van der Waals surface area contributed by atoms with Crippen molar-refractivity contribution >= 4 is 34.2 Å². The standard InChI is InChI=1S/C21H23ClN4O2/c1-13-3-5-16(6-4-13)24-21(27)17-11-23-20-18(19(17)22)14(2)25-26(20)12-15-7-9-28-10-8-15/h3-6,11,15H,7-10,12H2,1-2H3,(H,24,27). The summed E-state index contributed by atoms with van der Waals surface area (Å²) in [7, 11) is 0. The van der Waals surface area contributed by atoms with Crippen molar-refractivity contribution in [3.05, 3.63) is 52.3 Å². The summed E-state index contributed by atoms with van der Waals surface area (Å²) < 4.78 is 7.35. The third kappa shape index (κ3) is 3.75. The van der Waals surface area contributed by atoms with Gasteiger partial charge >= 0.3 is 0 Å². The van der Waals surface area contributed by atoms with Gasteiger partial charge in [-0.25, -0.2) is 9.67 Å². The SMILES string of the molecule is Cc1ccc(NC(=O)c2cnc3c(c(C)nn3CC3CCOCC3)c2Cl)cc1. The number of nitrogens with zero attached hydrogens (tertiary/aromatic N) is 3. The quantitative estimate of drug-likeness (QED) is 0.708. The fourth-order valence-corrected chi connectivity index (χ4v) is 3.92. The first-order valence-corrected chi connectivity index (χ1v) is 9.88. The molecule has 0 bridgehead atoms. The number of anilines is 1. The zero-order chi connectivity index (χ0) is 19.7. The molecule has 0 radical (unpaired) electrons. The zero-order valence-electron chi connectivity index (χ0n) is 16.0. The van der Waals surface area contributed by atoms with Crippen molar-refractivity contribution in [2.24, 2.45) is 5.92 Å². The lowest BCUT2D eigenvalue weighted by molar-refractivity contribution is 0.0605. The molecule has 6 nitrogen and oxygen atoms in total. The van der Waals surface area contributed by atoms with Crippen molar-refractivity contribution in [3.63, 3.8) is 0 Å². The molecule has 7 heteroatoms. The summed E-state index contributed by atoms with van der Waals surface area (Å²) in [5, 5.41) is 8.65. The zero-order valence-corrected chi connectivity index (χ0v) is 16.8. The first-order valence-electron chi connectivity index (χ1n) is 9.50. The number of carbonyl (C=O) groups excluding carboxylic acids is 1. The van der Waals surface area contributed by atoms with Crippen molar-refractivity contribution in [1.82, 2.24) is 14.8 Å². The van der Waals surface area contributed by atoms with E-state index in [0.29, 0.717) is 16.5 Å². The Morgan fingerprint density at radius 3 is 2.68 bits per heavy atom. The van der Waals surface area contributed by atoms with Gasteiger partial charge in [0, 0.05) is 31.6 Å². The Balaban J connectivity index is 1.62. The van der Waals surface area contributed by atoms with E-state index in [2.05, 4.69) is 15.4 Å². The van der Waals surface area contributed by atoms with E-state index in [0.717, 1.165) is 60.6 Å². The highest BCUT2D eigenvalue weighted by atomic mass is 35.5. The Bertz CT molecular complexity index is 1010. The molecule has 2 aromatic heterocycles. The van der Waals surface area contributed by atoms with Crippen LogP contribution < -0.4 is 5.32 Å². The maximum atomic E-state index is 12.7. The number of hydrogen-bond acceptors (Lipinski definition) is 4. The van der Waals surface area contributed by atoms with Gasteiger partial charge in [0.2, 0.25) is 0 Å². The van der Waals surface area contributed by atoms with Crippen LogP contribution in [0.25, 0.3) is 11.0 Å². The Morgan fingerprint density at radius 1 is 1.25 bits per heavy atom. The predicted molar refractivity (Wildman–Crippen MR) is 110 cm³/mol. The van der Waals surface area contributed by atoms with Crippen LogP contribution in [-0.4, -0.2) is 33.9 Å². The number of aromatic nitrogens is 3. The monoisotopic (exact) mass is 398 g/mol. The van der Waals surface area contributed by atoms with Gasteiger partial charge in [-0.05, 0) is 44.7 Å². The van der Waals surface area contributed by atoms with Crippen molar-refractivity contribution in [1.29, 1.82) is 0 Å². The summed E-state index contributed by atoms with van der Waals surface area (Å²) >= 11 is 6.62. The van der Waals surface area contributed by atoms with E-state index in [9.17, 15) is 4.79 Å². The molecule has 0 saturated carbocycles. The van der Waals surface area contributed by atoms with E-state index >= 15 is 0 Å². The van der Waals surface area contributed by atoms with E-state index in [1.54, 1.807) is 0 Å². The first kappa shape index (κ1) is 18.9. The topological polar surface area (TPSA) is 69.0 Å². The molecule has 146 valence electrons. The van der Waals surface area contributed by atoms with Crippen LogP contribution in [0.5, 0.6) is 0 Å². The van der Waals surface area contributed by atoms with Crippen LogP contribution in [0.4, 0.5) is 5.69 Å². The van der Waals surface area contributed by atoms with Crippen molar-refractivity contribution < 1.29 is 9.53 Å². The molecule has 1 aliphatic heterocycles. The Morgan fingerprint density at radius 2 is 1.96 bits per heavy atom. The minimum Gasteiger partial charge on any atom is -0.381 e. The number of amides is 1. The normalized spacial score (nSPS) is 15.1. The minimum absolute atomic E-state index is 0.278. The van der Waals surface area contributed by atoms with E-state index < -0.39 is 0 Å². The smallest absolute Gasteiger partial charge is 0.258 e. The van der Waals surface area contributed by atoms with Gasteiger partial charge in [0.25, 0.3) is 5.91 Å². The molecule has 3 aromatic rings. The van der Waals surface area contributed by atoms with Crippen LogP contribution in [-0.2, 0) is 11.3 Å². The molecule has 1 aliphatic rings. The summed E-state index contributed by atoms with van der Waals surface area (Å²) in [4.78, 5) is 17.3. The molecule has 0 atom stereocenters. The molecule has 1 aromatic carbocycles. The number of ether oxygens (including phenoxy) is 1. The predicted octanol–water partition coefficient (Wildman–Crippen LogP) is 4.38. The number of benzene rings is 1. The highest BCUT2D eigenvalue weighted by molar-refractivity contribution is 6.39. The summed E-state index contributed by atoms with van der Waals surface area (Å²) in [6.07, 6.45) is 3.58. The lowest BCUT2D eigenvalue weighted by atomic mass is 10.0. The first-order chi connectivity index (χ1) is 13.5. The van der Waals surface area contributed by atoms with Gasteiger partial charge in [-0.1, -0.05) is 29.3 Å². The van der Waals surface area contributed by atoms with Crippen LogP contribution in [0.2, 0.25) is 5.02 Å². The summed E-state index contributed by atoms with van der Waals surface area (Å²) in [6.45, 7) is 6.27. The maximum Gasteiger partial charge on any atom is 0.258 e. The van der Waals surface area contributed by atoms with Gasteiger partial charge in [0.1, 0.15) is 0 Å². The lowest BCUT2D eigenvalue weighted by Gasteiger charge is -2.21. The molecule has 3 heterocycles. The molecule has 4 rings (SSSR count). The molecule has 1 fully saturated rings. The highest BCUT2D eigenvalue weighted by Gasteiger charge is 2.22. The van der Waals surface area contributed by atoms with Crippen LogP contribution in [0.15, 0.2) is 30.5 Å². The van der Waals surface area contributed by atoms with E-state index in [4.69, 9.17) is 16.3 Å². The Hall–Kier alpha value is -2.44. The molecule has 28 heavy (non-hydrogen) atoms. The van der Waals surface area contributed by atoms with Crippen LogP contribution in [0.1, 0.15) is 34.5 Å². The molecule has 1 saturated heterocycles. The van der Waals surface area contributed by atoms with Gasteiger partial charge in [-0.15, -0.1) is 0 Å². The molecule has 0 spiro atoms. The molecular weight excluding hydrogens is 376 g/mol. The van der Waals surface area contributed by atoms with Gasteiger partial charge in [-0.3, -0.25) is 4.79 Å². The second-order valence-electron chi connectivity index (χ2n) is 7.33. The second-order valence-corrected chi connectivity index (χ2v) is 7.71. The van der Waals surface area contributed by atoms with E-state index in [1.807, 2.05) is 42.8 Å². The number of fused-ring (bicyclic) bond motifs is 1. The van der Waals surface area contributed by atoms with Crippen LogP contribution in [0, 0.1) is 19.8 Å². The van der Waals surface area contributed by atoms with E-state index in [-0.39, 0.29) is 5.91 Å². The number of nitrogens with one attached hydrogen (secondary N) is 1. The fraction of sp³-hybridized carbons (Fsp3) is 0.381. The van der Waals surface area contributed by atoms with Gasteiger partial charge in [-0.2, -0.15) is 5.10 Å². The number of halogens is 1. The van der Waals surface area contributed by atoms with Gasteiger partial charge in [0.05, 0.1) is 21.7 Å². The van der Waals surface area contributed by atoms with Gasteiger partial charge < -0.3 is 10.1 Å². The van der Waals surface area contributed by atoms with Crippen molar-refractivity contribution in [2.75, 3.05) is 18.5 Å². The summed E-state index contributed by atoms with van der Waals surface area (Å²) in [5.41, 5.74) is 3.71. The minimum atomic E-state index is -0.278. The average Bonchev–Trinajstić information content (AvgIpc) is 3.01. The number of rotatable bonds is 4. The Labute approximate surface area is 168 Å². The van der Waals surface area contributed by atoms with Gasteiger partial charge in [0.15, 0.2) is 5.65 Å².